The molecular weight excluding hydrogens is 522 g/mol. The van der Waals surface area contributed by atoms with Crippen LogP contribution in [0.25, 0.3) is 10.9 Å². The molecule has 1 saturated heterocycles. The summed E-state index contributed by atoms with van der Waals surface area (Å²) >= 11 is 12.2. The normalized spacial score (nSPS) is 18.9. The molecule has 0 saturated carbocycles. The van der Waals surface area contributed by atoms with Crippen LogP contribution in [-0.2, 0) is 17.5 Å². The van der Waals surface area contributed by atoms with E-state index in [4.69, 9.17) is 27.9 Å². The highest BCUT2D eigenvalue weighted by Crippen LogP contribution is 2.34. The molecule has 0 aliphatic carbocycles. The summed E-state index contributed by atoms with van der Waals surface area (Å²) in [6, 6.07) is 4.56. The second kappa shape index (κ2) is 10.0. The van der Waals surface area contributed by atoms with Crippen molar-refractivity contribution in [2.75, 3.05) is 18.5 Å². The zero-order valence-electron chi connectivity index (χ0n) is 19.4. The Kier molecular flexibility index (Phi) is 7.38. The summed E-state index contributed by atoms with van der Waals surface area (Å²) in [5.41, 5.74) is -1.57. The van der Waals surface area contributed by atoms with Crippen molar-refractivity contribution >= 4 is 45.7 Å². The van der Waals surface area contributed by atoms with E-state index in [1.54, 1.807) is 19.9 Å². The molecule has 0 radical (unpaired) electrons. The second-order valence-corrected chi connectivity index (χ2v) is 10.1. The van der Waals surface area contributed by atoms with Crippen molar-refractivity contribution in [3.05, 3.63) is 51.9 Å². The molecule has 0 bridgehead atoms. The molecule has 13 heteroatoms. The smallest absolute Gasteiger partial charge is 0.389 e. The van der Waals surface area contributed by atoms with Crippen molar-refractivity contribution in [3.63, 3.8) is 0 Å². The number of benzene rings is 1. The topological polar surface area (TPSA) is 101 Å². The fourth-order valence-electron chi connectivity index (χ4n) is 4.01. The van der Waals surface area contributed by atoms with Gasteiger partial charge in [-0.15, -0.1) is 0 Å². The van der Waals surface area contributed by atoms with Crippen LogP contribution in [-0.4, -0.2) is 56.7 Å². The highest BCUT2D eigenvalue weighted by Gasteiger charge is 2.34. The Labute approximate surface area is 214 Å². The predicted molar refractivity (Wildman–Crippen MR) is 129 cm³/mol. The number of ether oxygens (including phenoxy) is 1. The van der Waals surface area contributed by atoms with E-state index in [2.05, 4.69) is 20.7 Å². The Morgan fingerprint density at radius 2 is 1.94 bits per heavy atom. The Morgan fingerprint density at radius 3 is 2.64 bits per heavy atom. The molecular formula is C23H24Cl2F3N5O3. The Hall–Kier alpha value is -2.60. The molecule has 36 heavy (non-hydrogen) atoms. The summed E-state index contributed by atoms with van der Waals surface area (Å²) in [6.07, 6.45) is -2.80. The summed E-state index contributed by atoms with van der Waals surface area (Å²) in [6.45, 7) is 3.79. The van der Waals surface area contributed by atoms with E-state index in [1.807, 2.05) is 0 Å². The van der Waals surface area contributed by atoms with Crippen molar-refractivity contribution in [1.82, 2.24) is 20.1 Å². The SMILES string of the molecule is CC(C)(O)Cn1cc(C(=O)N[C@@H]2COC[C@H](Nc3cc(C(F)(F)F)nc4ccc(Cl)cc34)C2)c(Cl)n1. The van der Waals surface area contributed by atoms with Crippen LogP contribution in [0, 0.1) is 0 Å². The molecule has 1 amide bonds. The minimum atomic E-state index is -4.63. The lowest BCUT2D eigenvalue weighted by Crippen LogP contribution is -2.47. The molecule has 0 unspecified atom stereocenters. The monoisotopic (exact) mass is 545 g/mol. The molecule has 8 nitrogen and oxygen atoms in total. The van der Waals surface area contributed by atoms with Crippen LogP contribution in [0.3, 0.4) is 0 Å². The van der Waals surface area contributed by atoms with Gasteiger partial charge in [0.2, 0.25) is 0 Å². The molecule has 1 fully saturated rings. The number of pyridine rings is 1. The van der Waals surface area contributed by atoms with Gasteiger partial charge in [-0.1, -0.05) is 23.2 Å². The lowest BCUT2D eigenvalue weighted by atomic mass is 10.0. The first-order valence-corrected chi connectivity index (χ1v) is 11.8. The minimum Gasteiger partial charge on any atom is -0.389 e. The van der Waals surface area contributed by atoms with Crippen molar-refractivity contribution in [2.45, 2.75) is 50.7 Å². The third-order valence-electron chi connectivity index (χ3n) is 5.47. The van der Waals surface area contributed by atoms with Gasteiger partial charge in [-0.05, 0) is 44.5 Å². The summed E-state index contributed by atoms with van der Waals surface area (Å²) in [5, 5.41) is 20.7. The van der Waals surface area contributed by atoms with E-state index in [1.165, 1.54) is 23.0 Å². The average molecular weight is 546 g/mol. The lowest BCUT2D eigenvalue weighted by molar-refractivity contribution is -0.140. The number of nitrogens with one attached hydrogen (secondary N) is 2. The van der Waals surface area contributed by atoms with E-state index in [9.17, 15) is 23.1 Å². The largest absolute Gasteiger partial charge is 0.433 e. The van der Waals surface area contributed by atoms with Gasteiger partial charge in [0.05, 0.1) is 48.5 Å². The van der Waals surface area contributed by atoms with Crippen LogP contribution in [0.15, 0.2) is 30.5 Å². The molecule has 1 aromatic carbocycles. The standard InChI is InChI=1S/C23H24Cl2F3N5O3/c1-22(2,35)11-33-8-16(20(25)32-33)21(34)30-14-6-13(9-36-10-14)29-18-7-19(23(26,27)28)31-17-4-3-12(24)5-15(17)18/h3-5,7-8,13-14,35H,6,9-11H2,1-2H3,(H,29,31)(H,30,34)/t13-,14+/m1/s1. The molecule has 2 atom stereocenters. The number of rotatable bonds is 6. The molecule has 4 rings (SSSR count). The van der Waals surface area contributed by atoms with Gasteiger partial charge < -0.3 is 20.5 Å². The quantitative estimate of drug-likeness (QED) is 0.420. The summed E-state index contributed by atoms with van der Waals surface area (Å²) in [7, 11) is 0. The average Bonchev–Trinajstić information content (AvgIpc) is 3.12. The van der Waals surface area contributed by atoms with Gasteiger partial charge in [0, 0.05) is 22.3 Å². The van der Waals surface area contributed by atoms with Gasteiger partial charge in [0.15, 0.2) is 5.15 Å². The van der Waals surface area contributed by atoms with Gasteiger partial charge in [-0.3, -0.25) is 9.48 Å². The van der Waals surface area contributed by atoms with Crippen LogP contribution in [0.4, 0.5) is 18.9 Å². The zero-order chi connectivity index (χ0) is 26.3. The van der Waals surface area contributed by atoms with Crippen molar-refractivity contribution < 1.29 is 27.8 Å². The molecule has 3 aromatic rings. The van der Waals surface area contributed by atoms with Crippen molar-refractivity contribution in [1.29, 1.82) is 0 Å². The molecule has 1 aliphatic rings. The summed E-state index contributed by atoms with van der Waals surface area (Å²) < 4.78 is 47.3. The van der Waals surface area contributed by atoms with Crippen molar-refractivity contribution in [3.8, 4) is 0 Å². The number of halogens is 5. The number of amides is 1. The third kappa shape index (κ3) is 6.39. The highest BCUT2D eigenvalue weighted by molar-refractivity contribution is 6.32. The Balaban J connectivity index is 1.49. The fraction of sp³-hybridized carbons (Fsp3) is 0.435. The first-order chi connectivity index (χ1) is 16.8. The molecule has 3 heterocycles. The Morgan fingerprint density at radius 1 is 1.22 bits per heavy atom. The number of hydrogen-bond donors (Lipinski definition) is 3. The van der Waals surface area contributed by atoms with Crippen LogP contribution < -0.4 is 10.6 Å². The third-order valence-corrected chi connectivity index (χ3v) is 5.99. The van der Waals surface area contributed by atoms with Crippen LogP contribution in [0.1, 0.15) is 36.3 Å². The van der Waals surface area contributed by atoms with Gasteiger partial charge in [-0.2, -0.15) is 18.3 Å². The minimum absolute atomic E-state index is 0.0111. The molecule has 3 N–H and O–H groups in total. The number of anilines is 1. The van der Waals surface area contributed by atoms with Gasteiger partial charge >= 0.3 is 6.18 Å². The predicted octanol–water partition coefficient (Wildman–Crippen LogP) is 4.53. The molecule has 1 aliphatic heterocycles. The first kappa shape index (κ1) is 26.5. The number of carbonyl (C=O) groups is 1. The maximum Gasteiger partial charge on any atom is 0.433 e. The van der Waals surface area contributed by atoms with Gasteiger partial charge in [0.1, 0.15) is 5.69 Å². The molecule has 2 aromatic heterocycles. The van der Waals surface area contributed by atoms with E-state index in [0.717, 1.165) is 6.07 Å². The molecule has 0 spiro atoms. The zero-order valence-corrected chi connectivity index (χ0v) is 20.9. The maximum absolute atomic E-state index is 13.4. The van der Waals surface area contributed by atoms with Crippen molar-refractivity contribution in [2.24, 2.45) is 0 Å². The van der Waals surface area contributed by atoms with E-state index >= 15 is 0 Å². The highest BCUT2D eigenvalue weighted by atomic mass is 35.5. The van der Waals surface area contributed by atoms with Crippen LogP contribution >= 0.6 is 23.2 Å². The van der Waals surface area contributed by atoms with E-state index in [-0.39, 0.29) is 41.7 Å². The number of carbonyl (C=O) groups excluding carboxylic acids is 1. The number of aliphatic hydroxyl groups is 1. The van der Waals surface area contributed by atoms with Gasteiger partial charge in [0.25, 0.3) is 5.91 Å². The van der Waals surface area contributed by atoms with E-state index < -0.39 is 35.5 Å². The number of fused-ring (bicyclic) bond motifs is 1. The molecule has 194 valence electrons. The lowest BCUT2D eigenvalue weighted by Gasteiger charge is -2.31. The van der Waals surface area contributed by atoms with E-state index in [0.29, 0.717) is 16.8 Å². The number of nitrogens with zero attached hydrogens (tertiary/aromatic N) is 3. The fourth-order valence-corrected chi connectivity index (χ4v) is 4.41. The summed E-state index contributed by atoms with van der Waals surface area (Å²) in [5.74, 6) is -0.475. The first-order valence-electron chi connectivity index (χ1n) is 11.1. The second-order valence-electron chi connectivity index (χ2n) is 9.34. The van der Waals surface area contributed by atoms with Crippen LogP contribution in [0.2, 0.25) is 10.2 Å². The van der Waals surface area contributed by atoms with Crippen LogP contribution in [0.5, 0.6) is 0 Å². The maximum atomic E-state index is 13.4. The summed E-state index contributed by atoms with van der Waals surface area (Å²) in [4.78, 5) is 16.5. The number of hydrogen-bond acceptors (Lipinski definition) is 6. The number of alkyl halides is 3. The number of aromatic nitrogens is 3. The Bertz CT molecular complexity index is 1280. The van der Waals surface area contributed by atoms with Gasteiger partial charge in [-0.25, -0.2) is 4.98 Å².